The summed E-state index contributed by atoms with van der Waals surface area (Å²) < 4.78 is 2.19. The molecule has 2 unspecified atom stereocenters. The highest BCUT2D eigenvalue weighted by Crippen LogP contribution is 2.49. The van der Waals surface area contributed by atoms with Gasteiger partial charge in [0.15, 0.2) is 0 Å². The third-order valence-corrected chi connectivity index (χ3v) is 10.9. The van der Waals surface area contributed by atoms with Crippen molar-refractivity contribution in [3.63, 3.8) is 0 Å². The molecule has 8 rings (SSSR count). The fraction of sp³-hybridized carbons (Fsp3) is 0.475. The van der Waals surface area contributed by atoms with Crippen LogP contribution in [0.4, 0.5) is 11.4 Å². The van der Waals surface area contributed by atoms with Gasteiger partial charge in [-0.2, -0.15) is 5.10 Å². The van der Waals surface area contributed by atoms with E-state index in [-0.39, 0.29) is 35.6 Å². The number of aldehydes is 1. The molecule has 2 amide bonds. The second kappa shape index (κ2) is 16.1. The predicted molar refractivity (Wildman–Crippen MR) is 210 cm³/mol. The number of carbonyl (C=O) groups is 3. The zero-order valence-corrected chi connectivity index (χ0v) is 31.9. The van der Waals surface area contributed by atoms with Crippen molar-refractivity contribution < 1.29 is 19.5 Å². The molecule has 8 N–H and O–H groups in total. The van der Waals surface area contributed by atoms with Crippen LogP contribution in [-0.2, 0) is 16.1 Å². The normalized spacial score (nSPS) is 21.3. The Morgan fingerprint density at radius 2 is 1.78 bits per heavy atom. The van der Waals surface area contributed by atoms with Crippen molar-refractivity contribution in [2.45, 2.75) is 76.2 Å². The summed E-state index contributed by atoms with van der Waals surface area (Å²) in [5, 5.41) is 24.1. The van der Waals surface area contributed by atoms with Crippen LogP contribution in [0, 0.1) is 5.92 Å². The maximum Gasteiger partial charge on any atom is 0.272 e. The monoisotopic (exact) mass is 751 g/mol. The Hall–Kier alpha value is -5.41. The largest absolute Gasteiger partial charge is 0.393 e. The van der Waals surface area contributed by atoms with Gasteiger partial charge in [-0.15, -0.1) is 0 Å². The van der Waals surface area contributed by atoms with Gasteiger partial charge in [0, 0.05) is 76.0 Å². The molecule has 5 aliphatic rings. The number of pyridine rings is 1. The number of rotatable bonds is 12. The molecule has 1 aromatic carbocycles. The average molecular weight is 752 g/mol. The number of amides is 2. The van der Waals surface area contributed by atoms with E-state index in [1.165, 1.54) is 5.69 Å². The quantitative estimate of drug-likeness (QED) is 0.0900. The number of likely N-dealkylation sites (tertiary alicyclic amines) is 2. The summed E-state index contributed by atoms with van der Waals surface area (Å²) in [6, 6.07) is 12.1. The predicted octanol–water partition coefficient (Wildman–Crippen LogP) is 2.59. The molecule has 15 heteroatoms. The molecule has 55 heavy (non-hydrogen) atoms. The van der Waals surface area contributed by atoms with Crippen molar-refractivity contribution in [3.05, 3.63) is 83.0 Å². The fourth-order valence-electron chi connectivity index (χ4n) is 7.48. The molecule has 0 radical (unpaired) electrons. The third kappa shape index (κ3) is 8.32. The van der Waals surface area contributed by atoms with Crippen LogP contribution >= 0.6 is 0 Å². The van der Waals surface area contributed by atoms with Gasteiger partial charge in [0.25, 0.3) is 11.8 Å². The van der Waals surface area contributed by atoms with Gasteiger partial charge < -0.3 is 47.1 Å². The number of para-hydroxylation sites is 1. The van der Waals surface area contributed by atoms with E-state index in [2.05, 4.69) is 55.5 Å². The molecule has 2 atom stereocenters. The van der Waals surface area contributed by atoms with E-state index in [4.69, 9.17) is 16.6 Å². The lowest BCUT2D eigenvalue weighted by Gasteiger charge is -2.43. The van der Waals surface area contributed by atoms with E-state index in [0.29, 0.717) is 49.2 Å². The minimum Gasteiger partial charge on any atom is -0.393 e. The highest BCUT2D eigenvalue weighted by molar-refractivity contribution is 5.96. The maximum atomic E-state index is 13.0. The summed E-state index contributed by atoms with van der Waals surface area (Å²) in [4.78, 5) is 46.4. The summed E-state index contributed by atoms with van der Waals surface area (Å²) in [5.41, 5.74) is 19.4. The van der Waals surface area contributed by atoms with Gasteiger partial charge in [-0.3, -0.25) is 19.2 Å². The topological polar surface area (TPSA) is 200 Å². The standard InChI is InChI=1S/C36H47N11O3.C4H6O/c1-4-30-34-26(16-40-47(34)23-18-45(19-23)17-22-7-5-10-28(41-22)36(50)46-14-13-24(48)20-46)25-8-6-9-27(33(25)44(30)3)43-29(15-31(37)39-2)32(38)35(49)42-21-11-12-21;5-3-4-1-2-4/h5-10,15-16,21,23-24,30,39,43,48H,4,11-14,17-20,37-38H2,1-3H3,(H,42,49);3-4H,1-2H2/b31-15+,32-29+;. The number of nitrogens with one attached hydrogen (secondary N) is 3. The van der Waals surface area contributed by atoms with Gasteiger partial charge in [-0.05, 0) is 56.7 Å². The minimum atomic E-state index is -0.460. The van der Waals surface area contributed by atoms with Crippen molar-refractivity contribution in [3.8, 4) is 11.1 Å². The third-order valence-electron chi connectivity index (χ3n) is 10.9. The number of aliphatic hydroxyl groups is 1. The lowest BCUT2D eigenvalue weighted by atomic mass is 9.91. The highest BCUT2D eigenvalue weighted by Gasteiger charge is 2.38. The number of hydrogen-bond acceptors (Lipinski definition) is 12. The van der Waals surface area contributed by atoms with Gasteiger partial charge in [-0.1, -0.05) is 25.1 Å². The first-order valence-electron chi connectivity index (χ1n) is 19.4. The van der Waals surface area contributed by atoms with Gasteiger partial charge in [0.05, 0.1) is 58.7 Å². The summed E-state index contributed by atoms with van der Waals surface area (Å²) >= 11 is 0. The van der Waals surface area contributed by atoms with E-state index in [1.54, 1.807) is 24.1 Å². The number of β-amino-alcohol motifs (C(OH)–C–C–N with tert-alkyl or cyclic N) is 1. The van der Waals surface area contributed by atoms with Crippen LogP contribution in [0.1, 0.15) is 79.4 Å². The number of nitrogens with two attached hydrogens (primary N) is 2. The van der Waals surface area contributed by atoms with E-state index in [0.717, 1.165) is 79.7 Å². The molecule has 0 spiro atoms. The Morgan fingerprint density at radius 3 is 2.42 bits per heavy atom. The second-order valence-corrected chi connectivity index (χ2v) is 15.2. The van der Waals surface area contributed by atoms with Crippen LogP contribution in [0.2, 0.25) is 0 Å². The number of hydrogen-bond donors (Lipinski definition) is 6. The molecule has 0 bridgehead atoms. The first kappa shape index (κ1) is 37.9. The van der Waals surface area contributed by atoms with Crippen LogP contribution in [0.3, 0.4) is 0 Å². The molecule has 292 valence electrons. The van der Waals surface area contributed by atoms with Crippen LogP contribution in [-0.4, -0.2) is 100 Å². The van der Waals surface area contributed by atoms with Crippen molar-refractivity contribution >= 4 is 29.5 Å². The molecule has 5 heterocycles. The van der Waals surface area contributed by atoms with E-state index < -0.39 is 6.10 Å². The number of allylic oxidation sites excluding steroid dienone is 1. The Balaban J connectivity index is 0.000000862. The lowest BCUT2D eigenvalue weighted by Crippen LogP contribution is -2.48. The van der Waals surface area contributed by atoms with Crippen LogP contribution < -0.4 is 32.3 Å². The molecule has 2 saturated heterocycles. The molecule has 2 saturated carbocycles. The summed E-state index contributed by atoms with van der Waals surface area (Å²) in [6.07, 6.45) is 9.85. The Morgan fingerprint density at radius 1 is 1.02 bits per heavy atom. The first-order chi connectivity index (χ1) is 26.6. The molecule has 2 aromatic heterocycles. The SMILES string of the molecule is CCC1c2c(cnn2C2CN(Cc3cccc(C(=O)N4CCC(O)C4)n3)C2)-c2cccc(NC(/C=C(\N)NC)=C(/N)C(=O)NC3CC3)c2N1C.O=CC1CC1. The Bertz CT molecular complexity index is 1980. The molecular weight excluding hydrogens is 699 g/mol. The Labute approximate surface area is 321 Å². The molecule has 3 aromatic rings. The Kier molecular flexibility index (Phi) is 11.1. The number of aromatic nitrogens is 3. The van der Waals surface area contributed by atoms with E-state index in [1.807, 2.05) is 30.5 Å². The van der Waals surface area contributed by atoms with E-state index in [9.17, 15) is 19.5 Å². The number of fused-ring (bicyclic) bond motifs is 3. The summed E-state index contributed by atoms with van der Waals surface area (Å²) in [6.45, 7) is 5.37. The zero-order valence-electron chi connectivity index (χ0n) is 31.9. The van der Waals surface area contributed by atoms with Crippen molar-refractivity contribution in [2.75, 3.05) is 50.5 Å². The lowest BCUT2D eigenvalue weighted by molar-refractivity contribution is -0.117. The number of carbonyl (C=O) groups excluding carboxylic acids is 3. The molecule has 2 aliphatic carbocycles. The van der Waals surface area contributed by atoms with Gasteiger partial charge in [0.2, 0.25) is 0 Å². The average Bonchev–Trinajstić information content (AvgIpc) is 4.10. The minimum absolute atomic E-state index is 0.0614. The summed E-state index contributed by atoms with van der Waals surface area (Å²) in [7, 11) is 3.81. The maximum absolute atomic E-state index is 13.0. The zero-order chi connectivity index (χ0) is 38.8. The number of aliphatic hydroxyl groups excluding tert-OH is 1. The molecular formula is C40H53N11O4. The van der Waals surface area contributed by atoms with E-state index >= 15 is 0 Å². The molecule has 4 fully saturated rings. The van der Waals surface area contributed by atoms with Gasteiger partial charge in [0.1, 0.15) is 17.7 Å². The number of anilines is 2. The van der Waals surface area contributed by atoms with Crippen LogP contribution in [0.15, 0.2) is 65.9 Å². The van der Waals surface area contributed by atoms with Gasteiger partial charge >= 0.3 is 0 Å². The number of benzene rings is 1. The smallest absolute Gasteiger partial charge is 0.272 e. The first-order valence-corrected chi connectivity index (χ1v) is 19.4. The second-order valence-electron chi connectivity index (χ2n) is 15.2. The van der Waals surface area contributed by atoms with Crippen LogP contribution in [0.5, 0.6) is 0 Å². The van der Waals surface area contributed by atoms with Crippen LogP contribution in [0.25, 0.3) is 11.1 Å². The summed E-state index contributed by atoms with van der Waals surface area (Å²) in [5.74, 6) is 0.375. The molecule has 3 aliphatic heterocycles. The van der Waals surface area contributed by atoms with Gasteiger partial charge in [-0.25, -0.2) is 4.98 Å². The molecule has 15 nitrogen and oxygen atoms in total. The van der Waals surface area contributed by atoms with Crippen molar-refractivity contribution in [2.24, 2.45) is 17.4 Å². The van der Waals surface area contributed by atoms with Crippen molar-refractivity contribution in [1.29, 1.82) is 0 Å². The number of nitrogens with zero attached hydrogens (tertiary/aromatic N) is 6. The fourth-order valence-corrected chi connectivity index (χ4v) is 7.48. The highest BCUT2D eigenvalue weighted by atomic mass is 16.3. The van der Waals surface area contributed by atoms with Crippen molar-refractivity contribution in [1.82, 2.24) is 35.2 Å².